The molecule has 0 saturated carbocycles. The number of hydrogen-bond acceptors (Lipinski definition) is 2. The van der Waals surface area contributed by atoms with Crippen molar-refractivity contribution in [1.82, 2.24) is 0 Å². The summed E-state index contributed by atoms with van der Waals surface area (Å²) in [6.07, 6.45) is 0.994. The molecule has 0 aromatic heterocycles. The van der Waals surface area contributed by atoms with Gasteiger partial charge >= 0.3 is 0 Å². The lowest BCUT2D eigenvalue weighted by molar-refractivity contribution is 1.11. The molecule has 0 radical (unpaired) electrons. The van der Waals surface area contributed by atoms with Crippen LogP contribution in [-0.4, -0.2) is 0 Å². The highest BCUT2D eigenvalue weighted by molar-refractivity contribution is 9.10. The SMILES string of the molecule is CCc1cc(S)c(N)cc1Br. The third-order valence-electron chi connectivity index (χ3n) is 1.58. The number of anilines is 1. The molecule has 1 nitrogen and oxygen atoms in total. The lowest BCUT2D eigenvalue weighted by Crippen LogP contribution is -1.90. The zero-order chi connectivity index (χ0) is 8.43. The van der Waals surface area contributed by atoms with Crippen LogP contribution in [0.4, 0.5) is 5.69 Å². The molecule has 0 unspecified atom stereocenters. The summed E-state index contributed by atoms with van der Waals surface area (Å²) in [6.45, 7) is 2.10. The van der Waals surface area contributed by atoms with Gasteiger partial charge in [-0.25, -0.2) is 0 Å². The first-order chi connectivity index (χ1) is 5.15. The zero-order valence-corrected chi connectivity index (χ0v) is 8.74. The molecule has 3 heteroatoms. The van der Waals surface area contributed by atoms with E-state index in [0.29, 0.717) is 0 Å². The largest absolute Gasteiger partial charge is 0.398 e. The van der Waals surface area contributed by atoms with E-state index in [1.807, 2.05) is 12.1 Å². The van der Waals surface area contributed by atoms with Crippen LogP contribution in [0.25, 0.3) is 0 Å². The number of hydrogen-bond donors (Lipinski definition) is 2. The van der Waals surface area contributed by atoms with Gasteiger partial charge in [-0.3, -0.25) is 0 Å². The fraction of sp³-hybridized carbons (Fsp3) is 0.250. The molecule has 2 N–H and O–H groups in total. The van der Waals surface area contributed by atoms with Crippen LogP contribution in [0.15, 0.2) is 21.5 Å². The van der Waals surface area contributed by atoms with Gasteiger partial charge in [0.2, 0.25) is 0 Å². The minimum atomic E-state index is 0.720. The van der Waals surface area contributed by atoms with Crippen LogP contribution in [0.1, 0.15) is 12.5 Å². The maximum atomic E-state index is 5.64. The van der Waals surface area contributed by atoms with Gasteiger partial charge < -0.3 is 5.73 Å². The molecule has 1 aromatic rings. The lowest BCUT2D eigenvalue weighted by Gasteiger charge is -2.04. The van der Waals surface area contributed by atoms with Gasteiger partial charge in [0.05, 0.1) is 0 Å². The Hall–Kier alpha value is -0.150. The van der Waals surface area contributed by atoms with Crippen LogP contribution in [0.5, 0.6) is 0 Å². The molecule has 1 rings (SSSR count). The van der Waals surface area contributed by atoms with Crippen molar-refractivity contribution >= 4 is 34.2 Å². The van der Waals surface area contributed by atoms with E-state index in [1.165, 1.54) is 5.56 Å². The fourth-order valence-corrected chi connectivity index (χ4v) is 1.75. The Kier molecular flexibility index (Phi) is 2.84. The highest BCUT2D eigenvalue weighted by Gasteiger charge is 2.00. The molecule has 0 bridgehead atoms. The van der Waals surface area contributed by atoms with Gasteiger partial charge in [-0.2, -0.15) is 0 Å². The number of thiol groups is 1. The molecule has 0 heterocycles. The van der Waals surface area contributed by atoms with E-state index in [0.717, 1.165) is 21.5 Å². The fourth-order valence-electron chi connectivity index (χ4n) is 0.891. The average Bonchev–Trinajstić information content (AvgIpc) is 1.97. The molecule has 0 aliphatic heterocycles. The molecule has 11 heavy (non-hydrogen) atoms. The highest BCUT2D eigenvalue weighted by atomic mass is 79.9. The summed E-state index contributed by atoms with van der Waals surface area (Å²) in [5, 5.41) is 0. The van der Waals surface area contributed by atoms with E-state index < -0.39 is 0 Å². The van der Waals surface area contributed by atoms with Gasteiger partial charge in [0, 0.05) is 15.1 Å². The van der Waals surface area contributed by atoms with Gasteiger partial charge in [-0.05, 0) is 24.1 Å². The zero-order valence-electron chi connectivity index (χ0n) is 6.26. The average molecular weight is 232 g/mol. The Morgan fingerprint density at radius 3 is 2.73 bits per heavy atom. The monoisotopic (exact) mass is 231 g/mol. The number of nitrogens with two attached hydrogens (primary N) is 1. The molecule has 0 fully saturated rings. The van der Waals surface area contributed by atoms with Crippen molar-refractivity contribution in [3.05, 3.63) is 22.2 Å². The van der Waals surface area contributed by atoms with Crippen molar-refractivity contribution in [2.45, 2.75) is 18.2 Å². The first-order valence-electron chi connectivity index (χ1n) is 3.42. The number of benzene rings is 1. The van der Waals surface area contributed by atoms with Crippen molar-refractivity contribution < 1.29 is 0 Å². The maximum absolute atomic E-state index is 5.64. The van der Waals surface area contributed by atoms with Crippen molar-refractivity contribution in [3.8, 4) is 0 Å². The quantitative estimate of drug-likeness (QED) is 0.565. The van der Waals surface area contributed by atoms with Gasteiger partial charge in [0.25, 0.3) is 0 Å². The number of halogens is 1. The first kappa shape index (κ1) is 8.94. The van der Waals surface area contributed by atoms with Crippen molar-refractivity contribution in [2.75, 3.05) is 5.73 Å². The second-order valence-corrected chi connectivity index (χ2v) is 3.69. The minimum Gasteiger partial charge on any atom is -0.398 e. The Morgan fingerprint density at radius 2 is 2.18 bits per heavy atom. The van der Waals surface area contributed by atoms with E-state index >= 15 is 0 Å². The summed E-state index contributed by atoms with van der Waals surface area (Å²) < 4.78 is 1.07. The van der Waals surface area contributed by atoms with Crippen molar-refractivity contribution in [3.63, 3.8) is 0 Å². The number of aryl methyl sites for hydroxylation is 1. The van der Waals surface area contributed by atoms with Crippen LogP contribution in [0.2, 0.25) is 0 Å². The molecule has 0 saturated heterocycles. The maximum Gasteiger partial charge on any atom is 0.0461 e. The van der Waals surface area contributed by atoms with E-state index in [-0.39, 0.29) is 0 Å². The second kappa shape index (κ2) is 3.50. The molecular weight excluding hydrogens is 222 g/mol. The summed E-state index contributed by atoms with van der Waals surface area (Å²) in [5.74, 6) is 0. The third-order valence-corrected chi connectivity index (χ3v) is 2.70. The van der Waals surface area contributed by atoms with E-state index in [1.54, 1.807) is 0 Å². The topological polar surface area (TPSA) is 26.0 Å². The van der Waals surface area contributed by atoms with Crippen LogP contribution in [-0.2, 0) is 6.42 Å². The minimum absolute atomic E-state index is 0.720. The van der Waals surface area contributed by atoms with Crippen LogP contribution >= 0.6 is 28.6 Å². The van der Waals surface area contributed by atoms with Gasteiger partial charge in [-0.1, -0.05) is 22.9 Å². The molecule has 0 atom stereocenters. The number of nitrogen functional groups attached to an aromatic ring is 1. The molecule has 0 aliphatic rings. The summed E-state index contributed by atoms with van der Waals surface area (Å²) in [6, 6.07) is 3.88. The van der Waals surface area contributed by atoms with Crippen molar-refractivity contribution in [2.24, 2.45) is 0 Å². The Balaban J connectivity index is 3.21. The molecule has 0 spiro atoms. The van der Waals surface area contributed by atoms with Crippen LogP contribution < -0.4 is 5.73 Å². The van der Waals surface area contributed by atoms with Gasteiger partial charge in [-0.15, -0.1) is 12.6 Å². The first-order valence-corrected chi connectivity index (χ1v) is 4.66. The van der Waals surface area contributed by atoms with Gasteiger partial charge in [0.1, 0.15) is 0 Å². The smallest absolute Gasteiger partial charge is 0.0461 e. The summed E-state index contributed by atoms with van der Waals surface area (Å²) in [7, 11) is 0. The van der Waals surface area contributed by atoms with Crippen LogP contribution in [0, 0.1) is 0 Å². The Labute approximate surface area is 80.5 Å². The lowest BCUT2D eigenvalue weighted by atomic mass is 10.1. The Morgan fingerprint density at radius 1 is 1.55 bits per heavy atom. The normalized spacial score (nSPS) is 10.1. The third kappa shape index (κ3) is 1.91. The molecule has 1 aromatic carbocycles. The van der Waals surface area contributed by atoms with E-state index in [2.05, 4.69) is 35.5 Å². The summed E-state index contributed by atoms with van der Waals surface area (Å²) in [5.41, 5.74) is 7.60. The van der Waals surface area contributed by atoms with Crippen LogP contribution in [0.3, 0.4) is 0 Å². The van der Waals surface area contributed by atoms with Gasteiger partial charge in [0.15, 0.2) is 0 Å². The predicted octanol–water partition coefficient (Wildman–Crippen LogP) is 2.88. The molecular formula is C8H10BrNS. The molecule has 0 amide bonds. The summed E-state index contributed by atoms with van der Waals surface area (Å²) >= 11 is 7.65. The van der Waals surface area contributed by atoms with E-state index in [9.17, 15) is 0 Å². The van der Waals surface area contributed by atoms with Crippen molar-refractivity contribution in [1.29, 1.82) is 0 Å². The predicted molar refractivity (Wildman–Crippen MR) is 55.2 cm³/mol. The second-order valence-electron chi connectivity index (χ2n) is 2.36. The molecule has 0 aliphatic carbocycles. The standard InChI is InChI=1S/C8H10BrNS/c1-2-5-3-8(11)7(10)4-6(5)9/h3-4,11H,2,10H2,1H3. The highest BCUT2D eigenvalue weighted by Crippen LogP contribution is 2.26. The van der Waals surface area contributed by atoms with E-state index in [4.69, 9.17) is 5.73 Å². The molecule has 60 valence electrons. The Bertz CT molecular complexity index is 273. The summed E-state index contributed by atoms with van der Waals surface area (Å²) in [4.78, 5) is 0.852. The number of rotatable bonds is 1.